The molecular weight excluding hydrogens is 659 g/mol. The molecule has 12 heteroatoms. The zero-order valence-electron chi connectivity index (χ0n) is 26.2. The van der Waals surface area contributed by atoms with Crippen LogP contribution >= 0.6 is 0 Å². The highest BCUT2D eigenvalue weighted by molar-refractivity contribution is 6.14. The van der Waals surface area contributed by atoms with Gasteiger partial charge in [0.15, 0.2) is 0 Å². The standard InChI is InChI=1S/C40H12F2N10/c41-39-33(25-1-3-51-29(11-25)17-47)35(31(19-49)27-7-21(13-43)5-22(8-27)14-44)37-38(39)36(34(40(37)42)26-2-4-52-30(12-26)18-48)32(20-50)28-9-23(15-45)6-24(10-28)16-46/h1-12H/b35-31-,36-32-. The number of pyridine rings is 2. The summed E-state index contributed by atoms with van der Waals surface area (Å²) in [5, 5.41) is 79.3. The number of rotatable bonds is 4. The van der Waals surface area contributed by atoms with Crippen LogP contribution in [0.5, 0.6) is 0 Å². The molecular formula is C40H12F2N10. The molecule has 0 fully saturated rings. The van der Waals surface area contributed by atoms with Gasteiger partial charge in [-0.1, -0.05) is 0 Å². The summed E-state index contributed by atoms with van der Waals surface area (Å²) in [4.78, 5) is 7.88. The Labute approximate surface area is 294 Å². The van der Waals surface area contributed by atoms with E-state index in [4.69, 9.17) is 0 Å². The molecule has 2 aromatic carbocycles. The summed E-state index contributed by atoms with van der Waals surface area (Å²) in [5.41, 5.74) is -3.31. The quantitative estimate of drug-likeness (QED) is 0.202. The second-order valence-electron chi connectivity index (χ2n) is 11.0. The number of allylic oxidation sites excluding steroid dienone is 10. The van der Waals surface area contributed by atoms with Crippen LogP contribution in [0.1, 0.15) is 55.9 Å². The molecule has 0 aliphatic heterocycles. The predicted octanol–water partition coefficient (Wildman–Crippen LogP) is 7.05. The van der Waals surface area contributed by atoms with Crippen molar-refractivity contribution in [3.8, 4) is 48.6 Å². The van der Waals surface area contributed by atoms with Crippen LogP contribution in [-0.2, 0) is 0 Å². The van der Waals surface area contributed by atoms with Crippen molar-refractivity contribution in [2.45, 2.75) is 0 Å². The number of nitriles is 8. The SMILES string of the molecule is N#C/C(=C1C2=C(C(F)=C/1c1ccnc(C#N)c1)/C(=C(/C#N)c1cc(C#N)cc(C#N)c1)C(c1ccnc(C#N)c1)=C2F)c1cc(C#N)cc(C#N)c1. The molecule has 2 heterocycles. The molecule has 0 amide bonds. The van der Waals surface area contributed by atoms with Crippen molar-refractivity contribution in [2.75, 3.05) is 0 Å². The van der Waals surface area contributed by atoms with E-state index in [2.05, 4.69) is 9.97 Å². The molecule has 0 unspecified atom stereocenters. The molecule has 52 heavy (non-hydrogen) atoms. The number of benzene rings is 2. The second kappa shape index (κ2) is 13.4. The van der Waals surface area contributed by atoms with Crippen LogP contribution in [0.15, 0.2) is 107 Å². The van der Waals surface area contributed by atoms with Crippen molar-refractivity contribution in [3.63, 3.8) is 0 Å². The van der Waals surface area contributed by atoms with Gasteiger partial charge in [-0.25, -0.2) is 18.7 Å². The zero-order valence-corrected chi connectivity index (χ0v) is 26.2. The molecule has 10 nitrogen and oxygen atoms in total. The minimum Gasteiger partial charge on any atom is -0.246 e. The number of halogens is 2. The average molecular weight is 671 g/mol. The lowest BCUT2D eigenvalue weighted by atomic mass is 9.86. The minimum absolute atomic E-state index is 0.0132. The van der Waals surface area contributed by atoms with E-state index in [0.29, 0.717) is 0 Å². The minimum atomic E-state index is -1.11. The number of hydrogen-bond donors (Lipinski definition) is 0. The number of nitrogens with zero attached hydrogens (tertiary/aromatic N) is 10. The van der Waals surface area contributed by atoms with Crippen molar-refractivity contribution < 1.29 is 8.78 Å². The van der Waals surface area contributed by atoms with Gasteiger partial charge in [0.1, 0.15) is 47.3 Å². The monoisotopic (exact) mass is 670 g/mol. The van der Waals surface area contributed by atoms with E-state index in [1.165, 1.54) is 73.1 Å². The van der Waals surface area contributed by atoms with Crippen molar-refractivity contribution >= 4 is 22.3 Å². The predicted molar refractivity (Wildman–Crippen MR) is 178 cm³/mol. The van der Waals surface area contributed by atoms with Crippen LogP contribution in [-0.4, -0.2) is 9.97 Å². The summed E-state index contributed by atoms with van der Waals surface area (Å²) in [6.07, 6.45) is 2.44. The van der Waals surface area contributed by atoms with Gasteiger partial charge in [0.25, 0.3) is 0 Å². The van der Waals surface area contributed by atoms with Gasteiger partial charge in [0, 0.05) is 45.8 Å². The second-order valence-corrected chi connectivity index (χ2v) is 11.0. The van der Waals surface area contributed by atoms with Crippen LogP contribution in [0.3, 0.4) is 0 Å². The molecule has 2 aliphatic carbocycles. The van der Waals surface area contributed by atoms with Crippen molar-refractivity contribution in [3.05, 3.63) is 163 Å². The average Bonchev–Trinajstić information content (AvgIpc) is 3.65. The summed E-state index contributed by atoms with van der Waals surface area (Å²) >= 11 is 0. The van der Waals surface area contributed by atoms with Gasteiger partial charge in [-0.15, -0.1) is 0 Å². The Morgan fingerprint density at radius 1 is 0.442 bits per heavy atom. The number of aromatic nitrogens is 2. The topological polar surface area (TPSA) is 216 Å². The molecule has 0 bridgehead atoms. The van der Waals surface area contributed by atoms with E-state index < -0.39 is 22.8 Å². The van der Waals surface area contributed by atoms with Gasteiger partial charge in [0.05, 0.1) is 57.7 Å². The molecule has 0 atom stereocenters. The summed E-state index contributed by atoms with van der Waals surface area (Å²) in [6.45, 7) is 0. The van der Waals surface area contributed by atoms with Crippen LogP contribution in [0, 0.1) is 90.6 Å². The molecule has 0 saturated heterocycles. The van der Waals surface area contributed by atoms with E-state index in [9.17, 15) is 42.1 Å². The third kappa shape index (κ3) is 5.39. The first kappa shape index (κ1) is 33.1. The van der Waals surface area contributed by atoms with E-state index in [-0.39, 0.29) is 89.3 Å². The molecule has 2 aliphatic rings. The summed E-state index contributed by atoms with van der Waals surface area (Å²) < 4.78 is 35.1. The molecule has 4 aromatic rings. The largest absolute Gasteiger partial charge is 0.246 e. The molecule has 0 spiro atoms. The first-order valence-corrected chi connectivity index (χ1v) is 14.7. The summed E-state index contributed by atoms with van der Waals surface area (Å²) in [5.74, 6) is -2.21. The molecule has 0 radical (unpaired) electrons. The van der Waals surface area contributed by atoms with E-state index in [1.54, 1.807) is 0 Å². The van der Waals surface area contributed by atoms with Gasteiger partial charge in [-0.05, 0) is 82.9 Å². The maximum Gasteiger partial charge on any atom is 0.141 e. The van der Waals surface area contributed by atoms with Crippen LogP contribution in [0.2, 0.25) is 0 Å². The first-order chi connectivity index (χ1) is 25.2. The smallest absolute Gasteiger partial charge is 0.141 e. The fourth-order valence-corrected chi connectivity index (χ4v) is 6.08. The van der Waals surface area contributed by atoms with Gasteiger partial charge >= 0.3 is 0 Å². The molecule has 2 aromatic heterocycles. The van der Waals surface area contributed by atoms with Gasteiger partial charge in [-0.3, -0.25) is 0 Å². The normalized spacial score (nSPS) is 14.8. The molecule has 6 rings (SSSR count). The van der Waals surface area contributed by atoms with Gasteiger partial charge < -0.3 is 0 Å². The maximum atomic E-state index is 17.5. The van der Waals surface area contributed by atoms with Crippen LogP contribution in [0.4, 0.5) is 8.78 Å². The van der Waals surface area contributed by atoms with Crippen molar-refractivity contribution in [1.82, 2.24) is 9.97 Å². The fourth-order valence-electron chi connectivity index (χ4n) is 6.08. The Balaban J connectivity index is 1.85. The highest BCUT2D eigenvalue weighted by Crippen LogP contribution is 2.59. The highest BCUT2D eigenvalue weighted by atomic mass is 19.1. The third-order valence-electron chi connectivity index (χ3n) is 8.14. The Morgan fingerprint density at radius 2 is 0.788 bits per heavy atom. The maximum absolute atomic E-state index is 17.5. The van der Waals surface area contributed by atoms with E-state index in [0.717, 1.165) is 0 Å². The van der Waals surface area contributed by atoms with E-state index >= 15 is 8.78 Å². The Morgan fingerprint density at radius 3 is 1.08 bits per heavy atom. The lowest BCUT2D eigenvalue weighted by Gasteiger charge is -2.16. The zero-order chi connectivity index (χ0) is 37.1. The van der Waals surface area contributed by atoms with Crippen LogP contribution < -0.4 is 0 Å². The first-order valence-electron chi connectivity index (χ1n) is 14.7. The van der Waals surface area contributed by atoms with Crippen molar-refractivity contribution in [2.24, 2.45) is 0 Å². The van der Waals surface area contributed by atoms with E-state index in [1.807, 2.05) is 48.6 Å². The Kier molecular flexibility index (Phi) is 8.53. The summed E-state index contributed by atoms with van der Waals surface area (Å²) in [6, 6.07) is 28.1. The van der Waals surface area contributed by atoms with Crippen LogP contribution in [0.25, 0.3) is 22.3 Å². The molecule has 0 N–H and O–H groups in total. The number of hydrogen-bond acceptors (Lipinski definition) is 10. The highest BCUT2D eigenvalue weighted by Gasteiger charge is 2.45. The summed E-state index contributed by atoms with van der Waals surface area (Å²) in [7, 11) is 0. The molecule has 0 saturated carbocycles. The Hall–Kier alpha value is -8.78. The van der Waals surface area contributed by atoms with Crippen molar-refractivity contribution in [1.29, 1.82) is 42.1 Å². The lowest BCUT2D eigenvalue weighted by Crippen LogP contribution is -2.01. The van der Waals surface area contributed by atoms with Gasteiger partial charge in [-0.2, -0.15) is 42.1 Å². The Bertz CT molecular complexity index is 2590. The fraction of sp³-hybridized carbons (Fsp3) is 0. The third-order valence-corrected chi connectivity index (χ3v) is 8.14. The molecule has 236 valence electrons. The lowest BCUT2D eigenvalue weighted by molar-refractivity contribution is 0.655. The van der Waals surface area contributed by atoms with Gasteiger partial charge in [0.2, 0.25) is 0 Å².